The summed E-state index contributed by atoms with van der Waals surface area (Å²) < 4.78 is 5.54. The van der Waals surface area contributed by atoms with Crippen molar-refractivity contribution in [2.24, 2.45) is 4.99 Å². The van der Waals surface area contributed by atoms with E-state index in [0.29, 0.717) is 0 Å². The predicted molar refractivity (Wildman–Crippen MR) is 109 cm³/mol. The van der Waals surface area contributed by atoms with E-state index >= 15 is 0 Å². The van der Waals surface area contributed by atoms with Gasteiger partial charge in [-0.25, -0.2) is 4.99 Å². The summed E-state index contributed by atoms with van der Waals surface area (Å²) in [5.41, 5.74) is 3.51. The monoisotopic (exact) mass is 362 g/mol. The van der Waals surface area contributed by atoms with Crippen LogP contribution in [-0.2, 0) is 11.2 Å². The van der Waals surface area contributed by atoms with Crippen LogP contribution in [0.1, 0.15) is 5.56 Å². The SMILES string of the molecule is c1ccc(CC(=Nc2ccccc2-c2cccs2)N2CCOCC2)cc1. The third-order valence-electron chi connectivity index (χ3n) is 4.52. The van der Waals surface area contributed by atoms with E-state index in [4.69, 9.17) is 9.73 Å². The van der Waals surface area contributed by atoms with E-state index in [1.807, 2.05) is 0 Å². The highest BCUT2D eigenvalue weighted by atomic mass is 32.1. The average Bonchev–Trinajstić information content (AvgIpc) is 3.24. The first-order valence-corrected chi connectivity index (χ1v) is 9.85. The van der Waals surface area contributed by atoms with Crippen molar-refractivity contribution in [3.8, 4) is 10.4 Å². The van der Waals surface area contributed by atoms with E-state index < -0.39 is 0 Å². The molecule has 3 nitrogen and oxygen atoms in total. The molecule has 2 aromatic carbocycles. The summed E-state index contributed by atoms with van der Waals surface area (Å²) in [6.07, 6.45) is 0.833. The molecule has 0 aliphatic carbocycles. The molecule has 0 spiro atoms. The first-order chi connectivity index (χ1) is 12.9. The molecule has 0 amide bonds. The van der Waals surface area contributed by atoms with Crippen molar-refractivity contribution >= 4 is 22.9 Å². The van der Waals surface area contributed by atoms with Crippen molar-refractivity contribution < 1.29 is 4.74 Å². The Kier molecular flexibility index (Phi) is 5.43. The van der Waals surface area contributed by atoms with Crippen LogP contribution in [0.3, 0.4) is 0 Å². The van der Waals surface area contributed by atoms with Gasteiger partial charge >= 0.3 is 0 Å². The van der Waals surface area contributed by atoms with Gasteiger partial charge in [-0.3, -0.25) is 0 Å². The van der Waals surface area contributed by atoms with Crippen LogP contribution in [0.5, 0.6) is 0 Å². The fourth-order valence-corrected chi connectivity index (χ4v) is 3.93. The molecule has 26 heavy (non-hydrogen) atoms. The minimum absolute atomic E-state index is 0.764. The van der Waals surface area contributed by atoms with Crippen molar-refractivity contribution in [1.29, 1.82) is 0 Å². The molecule has 1 fully saturated rings. The van der Waals surface area contributed by atoms with Gasteiger partial charge in [0, 0.05) is 30.0 Å². The highest BCUT2D eigenvalue weighted by molar-refractivity contribution is 7.13. The summed E-state index contributed by atoms with van der Waals surface area (Å²) in [6, 6.07) is 23.2. The number of benzene rings is 2. The van der Waals surface area contributed by atoms with Crippen LogP contribution in [0.15, 0.2) is 77.1 Å². The van der Waals surface area contributed by atoms with Gasteiger partial charge in [-0.15, -0.1) is 11.3 Å². The Bertz CT molecular complexity index is 853. The van der Waals surface area contributed by atoms with E-state index in [9.17, 15) is 0 Å². The largest absolute Gasteiger partial charge is 0.378 e. The Morgan fingerprint density at radius 1 is 0.923 bits per heavy atom. The van der Waals surface area contributed by atoms with Crippen molar-refractivity contribution in [2.75, 3.05) is 26.3 Å². The topological polar surface area (TPSA) is 24.8 Å². The molecule has 4 heteroatoms. The minimum atomic E-state index is 0.764. The van der Waals surface area contributed by atoms with Gasteiger partial charge in [0.25, 0.3) is 0 Å². The first-order valence-electron chi connectivity index (χ1n) is 8.97. The summed E-state index contributed by atoms with van der Waals surface area (Å²) in [5, 5.41) is 2.11. The lowest BCUT2D eigenvalue weighted by atomic mass is 10.1. The second-order valence-electron chi connectivity index (χ2n) is 6.28. The number of para-hydroxylation sites is 1. The number of hydrogen-bond acceptors (Lipinski definition) is 3. The normalized spacial score (nSPS) is 15.2. The van der Waals surface area contributed by atoms with Gasteiger partial charge in [-0.2, -0.15) is 0 Å². The number of thiophene rings is 1. The maximum absolute atomic E-state index is 5.54. The van der Waals surface area contributed by atoms with Crippen molar-refractivity contribution in [1.82, 2.24) is 4.90 Å². The molecule has 1 aromatic heterocycles. The van der Waals surface area contributed by atoms with Crippen LogP contribution in [0.4, 0.5) is 5.69 Å². The number of amidine groups is 1. The predicted octanol–water partition coefficient (Wildman–Crippen LogP) is 5.02. The van der Waals surface area contributed by atoms with Gasteiger partial charge in [-0.05, 0) is 23.1 Å². The standard InChI is InChI=1S/C22H22N2OS/c1-2-7-18(8-3-1)17-22(24-12-14-25-15-13-24)23-20-10-5-4-9-19(20)21-11-6-16-26-21/h1-11,16H,12-15,17H2. The highest BCUT2D eigenvalue weighted by Crippen LogP contribution is 2.33. The Hall–Kier alpha value is -2.43. The second-order valence-corrected chi connectivity index (χ2v) is 7.23. The molecule has 0 bridgehead atoms. The smallest absolute Gasteiger partial charge is 0.109 e. The third-order valence-corrected chi connectivity index (χ3v) is 5.42. The summed E-state index contributed by atoms with van der Waals surface area (Å²) >= 11 is 1.75. The fourth-order valence-electron chi connectivity index (χ4n) is 3.17. The van der Waals surface area contributed by atoms with Gasteiger partial charge in [0.15, 0.2) is 0 Å². The fraction of sp³-hybridized carbons (Fsp3) is 0.227. The number of rotatable bonds is 4. The second kappa shape index (κ2) is 8.30. The Morgan fingerprint density at radius 3 is 2.46 bits per heavy atom. The van der Waals surface area contributed by atoms with Crippen LogP contribution in [0.2, 0.25) is 0 Å². The van der Waals surface area contributed by atoms with Gasteiger partial charge in [0.05, 0.1) is 18.9 Å². The van der Waals surface area contributed by atoms with E-state index in [-0.39, 0.29) is 0 Å². The van der Waals surface area contributed by atoms with E-state index in [1.165, 1.54) is 16.0 Å². The lowest BCUT2D eigenvalue weighted by Crippen LogP contribution is -2.41. The summed E-state index contributed by atoms with van der Waals surface area (Å²) in [7, 11) is 0. The molecule has 4 rings (SSSR count). The molecule has 1 saturated heterocycles. The zero-order valence-electron chi connectivity index (χ0n) is 14.7. The van der Waals surface area contributed by atoms with Gasteiger partial charge < -0.3 is 9.64 Å². The van der Waals surface area contributed by atoms with Crippen LogP contribution in [0, 0.1) is 0 Å². The number of hydrogen-bond donors (Lipinski definition) is 0. The highest BCUT2D eigenvalue weighted by Gasteiger charge is 2.17. The number of nitrogens with zero attached hydrogens (tertiary/aromatic N) is 2. The molecule has 132 valence electrons. The third kappa shape index (κ3) is 4.03. The lowest BCUT2D eigenvalue weighted by Gasteiger charge is -2.30. The molecule has 2 heterocycles. The molecular weight excluding hydrogens is 340 g/mol. The summed E-state index contributed by atoms with van der Waals surface area (Å²) in [6.45, 7) is 3.32. The van der Waals surface area contributed by atoms with E-state index in [1.54, 1.807) is 11.3 Å². The van der Waals surface area contributed by atoms with Gasteiger partial charge in [0.1, 0.15) is 5.84 Å². The van der Waals surface area contributed by atoms with E-state index in [0.717, 1.165) is 44.2 Å². The maximum Gasteiger partial charge on any atom is 0.109 e. The molecule has 1 aliphatic rings. The molecule has 3 aromatic rings. The van der Waals surface area contributed by atoms with Crippen LogP contribution in [-0.4, -0.2) is 37.0 Å². The summed E-state index contributed by atoms with van der Waals surface area (Å²) in [4.78, 5) is 8.74. The molecule has 0 unspecified atom stereocenters. The first kappa shape index (κ1) is 17.0. The zero-order chi connectivity index (χ0) is 17.6. The maximum atomic E-state index is 5.54. The molecule has 0 radical (unpaired) electrons. The number of aliphatic imine (C=N–C) groups is 1. The van der Waals surface area contributed by atoms with Crippen LogP contribution >= 0.6 is 11.3 Å². The Morgan fingerprint density at radius 2 is 1.69 bits per heavy atom. The quantitative estimate of drug-likeness (QED) is 0.481. The molecule has 0 atom stereocenters. The molecule has 1 aliphatic heterocycles. The minimum Gasteiger partial charge on any atom is -0.378 e. The van der Waals surface area contributed by atoms with Crippen molar-refractivity contribution in [3.05, 3.63) is 77.7 Å². The van der Waals surface area contributed by atoms with E-state index in [2.05, 4.69) is 77.0 Å². The molecule has 0 N–H and O–H groups in total. The summed E-state index contributed by atoms with van der Waals surface area (Å²) in [5.74, 6) is 1.11. The zero-order valence-corrected chi connectivity index (χ0v) is 15.5. The lowest BCUT2D eigenvalue weighted by molar-refractivity contribution is 0.0674. The van der Waals surface area contributed by atoms with Crippen LogP contribution in [0.25, 0.3) is 10.4 Å². The number of morpholine rings is 1. The van der Waals surface area contributed by atoms with Crippen LogP contribution < -0.4 is 0 Å². The van der Waals surface area contributed by atoms with Crippen molar-refractivity contribution in [3.63, 3.8) is 0 Å². The Labute approximate surface area is 158 Å². The average molecular weight is 362 g/mol. The van der Waals surface area contributed by atoms with Gasteiger partial charge in [-0.1, -0.05) is 54.6 Å². The van der Waals surface area contributed by atoms with Gasteiger partial charge in [0.2, 0.25) is 0 Å². The Balaban J connectivity index is 1.71. The number of ether oxygens (including phenoxy) is 1. The van der Waals surface area contributed by atoms with Crippen molar-refractivity contribution in [2.45, 2.75) is 6.42 Å². The molecule has 0 saturated carbocycles. The molecular formula is C22H22N2OS.